The van der Waals surface area contributed by atoms with Gasteiger partial charge in [-0.1, -0.05) is 0 Å². The summed E-state index contributed by atoms with van der Waals surface area (Å²) >= 11 is 0. The maximum Gasteiger partial charge on any atom is 0.417 e. The number of ether oxygens (including phenoxy) is 1. The van der Waals surface area contributed by atoms with Crippen LogP contribution >= 0.6 is 0 Å². The minimum absolute atomic E-state index is 0.00274. The molecule has 2 fully saturated rings. The number of carbonyl (C=O) groups excluding carboxylic acids is 1. The summed E-state index contributed by atoms with van der Waals surface area (Å²) in [6, 6.07) is -0.0344. The molecule has 2 aliphatic rings. The number of alkyl halides is 6. The maximum absolute atomic E-state index is 13.5. The van der Waals surface area contributed by atoms with Crippen molar-refractivity contribution in [1.82, 2.24) is 10.2 Å². The molecule has 162 valence electrons. The van der Waals surface area contributed by atoms with Crippen LogP contribution in [0.15, 0.2) is 12.1 Å². The standard InChI is InChI=1S/C19H22F6N2O2/c1-11-8-12(18(20,21)22)9-13(19(23,24)25)16(11)17(28)26-14-10-29-7-4-15(14)27-5-2-3-6-27/h8-9,14-15H,2-7,10H2,1H3,(H,26,28). The monoisotopic (exact) mass is 424 g/mol. The van der Waals surface area contributed by atoms with Gasteiger partial charge in [0.05, 0.1) is 29.3 Å². The molecule has 1 aromatic carbocycles. The van der Waals surface area contributed by atoms with Crippen LogP contribution in [0.25, 0.3) is 0 Å². The topological polar surface area (TPSA) is 41.6 Å². The first-order valence-electron chi connectivity index (χ1n) is 9.40. The van der Waals surface area contributed by atoms with Gasteiger partial charge in [-0.05, 0) is 57.0 Å². The lowest BCUT2D eigenvalue weighted by molar-refractivity contribution is -0.143. The summed E-state index contributed by atoms with van der Waals surface area (Å²) in [6.07, 6.45) is -7.40. The van der Waals surface area contributed by atoms with E-state index in [0.717, 1.165) is 32.9 Å². The number of carbonyl (C=O) groups is 1. The predicted octanol–water partition coefficient (Wildman–Crippen LogP) is 4.02. The van der Waals surface area contributed by atoms with Crippen LogP contribution in [0.3, 0.4) is 0 Å². The Hall–Kier alpha value is -1.81. The van der Waals surface area contributed by atoms with E-state index < -0.39 is 41.0 Å². The fraction of sp³-hybridized carbons (Fsp3) is 0.632. The second-order valence-electron chi connectivity index (χ2n) is 7.47. The average Bonchev–Trinajstić information content (AvgIpc) is 3.14. The SMILES string of the molecule is Cc1cc(C(F)(F)F)cc(C(F)(F)F)c1C(=O)NC1COCCC1N1CCCC1. The number of aryl methyl sites for hydroxylation is 1. The van der Waals surface area contributed by atoms with Crippen LogP contribution in [-0.4, -0.2) is 49.2 Å². The van der Waals surface area contributed by atoms with Crippen molar-refractivity contribution in [3.8, 4) is 0 Å². The zero-order chi connectivity index (χ0) is 21.4. The van der Waals surface area contributed by atoms with Gasteiger partial charge in [0.2, 0.25) is 0 Å². The number of halogens is 6. The summed E-state index contributed by atoms with van der Waals surface area (Å²) in [5.74, 6) is -1.04. The molecule has 0 radical (unpaired) electrons. The summed E-state index contributed by atoms with van der Waals surface area (Å²) in [5.41, 5.74) is -4.18. The number of nitrogens with zero attached hydrogens (tertiary/aromatic N) is 1. The van der Waals surface area contributed by atoms with Crippen molar-refractivity contribution in [2.24, 2.45) is 0 Å². The Balaban J connectivity index is 1.91. The Labute approximate surface area is 164 Å². The quantitative estimate of drug-likeness (QED) is 0.746. The molecule has 2 atom stereocenters. The molecule has 1 aromatic rings. The van der Waals surface area contributed by atoms with Crippen molar-refractivity contribution >= 4 is 5.91 Å². The van der Waals surface area contributed by atoms with Crippen molar-refractivity contribution in [2.45, 2.75) is 50.6 Å². The summed E-state index contributed by atoms with van der Waals surface area (Å²) in [4.78, 5) is 14.9. The molecular weight excluding hydrogens is 402 g/mol. The van der Waals surface area contributed by atoms with Crippen molar-refractivity contribution in [3.05, 3.63) is 34.4 Å². The molecule has 2 unspecified atom stereocenters. The van der Waals surface area contributed by atoms with Crippen LogP contribution in [0.1, 0.15) is 46.3 Å². The van der Waals surface area contributed by atoms with E-state index in [0.29, 0.717) is 19.1 Å². The lowest BCUT2D eigenvalue weighted by Crippen LogP contribution is -2.56. The van der Waals surface area contributed by atoms with Crippen LogP contribution in [0.4, 0.5) is 26.3 Å². The summed E-state index contributed by atoms with van der Waals surface area (Å²) in [7, 11) is 0. The average molecular weight is 424 g/mol. The molecule has 2 aliphatic heterocycles. The lowest BCUT2D eigenvalue weighted by atomic mass is 9.95. The lowest BCUT2D eigenvalue weighted by Gasteiger charge is -2.38. The Morgan fingerprint density at radius 1 is 1.10 bits per heavy atom. The highest BCUT2D eigenvalue weighted by Gasteiger charge is 2.41. The van der Waals surface area contributed by atoms with E-state index in [1.807, 2.05) is 0 Å². The Kier molecular flexibility index (Phi) is 6.14. The summed E-state index contributed by atoms with van der Waals surface area (Å²) < 4.78 is 84.7. The van der Waals surface area contributed by atoms with E-state index >= 15 is 0 Å². The minimum atomic E-state index is -5.10. The normalized spacial score (nSPS) is 24.0. The third-order valence-corrected chi connectivity index (χ3v) is 5.44. The van der Waals surface area contributed by atoms with Gasteiger partial charge in [0.25, 0.3) is 5.91 Å². The zero-order valence-electron chi connectivity index (χ0n) is 15.8. The molecule has 0 saturated carbocycles. The molecule has 2 saturated heterocycles. The molecule has 0 bridgehead atoms. The van der Waals surface area contributed by atoms with Crippen LogP contribution in [0, 0.1) is 6.92 Å². The fourth-order valence-electron chi connectivity index (χ4n) is 4.09. The predicted molar refractivity (Wildman–Crippen MR) is 92.5 cm³/mol. The summed E-state index contributed by atoms with van der Waals surface area (Å²) in [6.45, 7) is 3.39. The van der Waals surface area contributed by atoms with Crippen LogP contribution in [0.2, 0.25) is 0 Å². The first-order valence-corrected chi connectivity index (χ1v) is 9.40. The molecular formula is C19H22F6N2O2. The van der Waals surface area contributed by atoms with Crippen molar-refractivity contribution in [2.75, 3.05) is 26.3 Å². The summed E-state index contributed by atoms with van der Waals surface area (Å²) in [5, 5.41) is 2.59. The smallest absolute Gasteiger partial charge is 0.379 e. The number of nitrogens with one attached hydrogen (secondary N) is 1. The van der Waals surface area contributed by atoms with Gasteiger partial charge in [-0.25, -0.2) is 0 Å². The minimum Gasteiger partial charge on any atom is -0.379 e. The number of hydrogen-bond acceptors (Lipinski definition) is 3. The molecule has 4 nitrogen and oxygen atoms in total. The van der Waals surface area contributed by atoms with Gasteiger partial charge in [0.15, 0.2) is 0 Å². The van der Waals surface area contributed by atoms with E-state index in [9.17, 15) is 31.1 Å². The van der Waals surface area contributed by atoms with Gasteiger partial charge in [-0.2, -0.15) is 26.3 Å². The highest BCUT2D eigenvalue weighted by atomic mass is 19.4. The first kappa shape index (κ1) is 21.9. The van der Waals surface area contributed by atoms with Gasteiger partial charge in [-0.3, -0.25) is 9.69 Å². The largest absolute Gasteiger partial charge is 0.417 e. The molecule has 2 heterocycles. The van der Waals surface area contributed by atoms with E-state index in [1.54, 1.807) is 0 Å². The van der Waals surface area contributed by atoms with Gasteiger partial charge >= 0.3 is 12.4 Å². The number of amides is 1. The van der Waals surface area contributed by atoms with E-state index in [2.05, 4.69) is 10.2 Å². The molecule has 3 rings (SSSR count). The second kappa shape index (κ2) is 8.14. The Morgan fingerprint density at radius 2 is 1.76 bits per heavy atom. The third kappa shape index (κ3) is 4.85. The Morgan fingerprint density at radius 3 is 2.34 bits per heavy atom. The number of benzene rings is 1. The number of rotatable bonds is 3. The van der Waals surface area contributed by atoms with E-state index in [-0.39, 0.29) is 24.3 Å². The first-order chi connectivity index (χ1) is 13.5. The Bertz CT molecular complexity index is 756. The van der Waals surface area contributed by atoms with Gasteiger partial charge in [0.1, 0.15) is 0 Å². The maximum atomic E-state index is 13.5. The highest BCUT2D eigenvalue weighted by molar-refractivity contribution is 5.97. The molecule has 1 amide bonds. The number of likely N-dealkylation sites (tertiary alicyclic amines) is 1. The fourth-order valence-corrected chi connectivity index (χ4v) is 4.09. The van der Waals surface area contributed by atoms with Gasteiger partial charge in [0, 0.05) is 12.6 Å². The third-order valence-electron chi connectivity index (χ3n) is 5.44. The number of hydrogen-bond donors (Lipinski definition) is 1. The van der Waals surface area contributed by atoms with Gasteiger partial charge < -0.3 is 10.1 Å². The molecule has 0 aromatic heterocycles. The molecule has 0 aliphatic carbocycles. The van der Waals surface area contributed by atoms with Gasteiger partial charge in [-0.15, -0.1) is 0 Å². The van der Waals surface area contributed by atoms with E-state index in [1.165, 1.54) is 0 Å². The van der Waals surface area contributed by atoms with Crippen molar-refractivity contribution in [3.63, 3.8) is 0 Å². The molecule has 29 heavy (non-hydrogen) atoms. The molecule has 0 spiro atoms. The zero-order valence-corrected chi connectivity index (χ0v) is 15.8. The van der Waals surface area contributed by atoms with Crippen molar-refractivity contribution in [1.29, 1.82) is 0 Å². The molecule has 1 N–H and O–H groups in total. The molecule has 10 heteroatoms. The highest BCUT2D eigenvalue weighted by Crippen LogP contribution is 2.39. The van der Waals surface area contributed by atoms with Crippen LogP contribution in [-0.2, 0) is 17.1 Å². The van der Waals surface area contributed by atoms with Crippen molar-refractivity contribution < 1.29 is 35.9 Å². The van der Waals surface area contributed by atoms with Crippen LogP contribution in [0.5, 0.6) is 0 Å². The van der Waals surface area contributed by atoms with Crippen LogP contribution < -0.4 is 5.32 Å². The second-order valence-corrected chi connectivity index (χ2v) is 7.47. The van der Waals surface area contributed by atoms with E-state index in [4.69, 9.17) is 4.74 Å².